The van der Waals surface area contributed by atoms with Gasteiger partial charge >= 0.3 is 0 Å². The van der Waals surface area contributed by atoms with E-state index >= 15 is 0 Å². The molecule has 0 aliphatic carbocycles. The zero-order chi connectivity index (χ0) is 9.80. The van der Waals surface area contributed by atoms with Crippen molar-refractivity contribution in [1.29, 1.82) is 0 Å². The minimum atomic E-state index is 0. The van der Waals surface area contributed by atoms with E-state index in [0.717, 1.165) is 39.3 Å². The first-order valence-electron chi connectivity index (χ1n) is 4.85. The van der Waals surface area contributed by atoms with Crippen LogP contribution in [0.4, 0.5) is 5.13 Å². The number of anilines is 1. The topological polar surface area (TPSA) is 51.4 Å². The number of ether oxygens (including phenoxy) is 1. The molecule has 0 saturated carbocycles. The van der Waals surface area contributed by atoms with E-state index in [1.54, 1.807) is 11.3 Å². The molecular weight excluding hydrogens is 234 g/mol. The number of aromatic nitrogens is 1. The molecule has 1 fully saturated rings. The maximum Gasteiger partial charge on any atom is 0.180 e. The van der Waals surface area contributed by atoms with E-state index in [1.165, 1.54) is 4.88 Å². The van der Waals surface area contributed by atoms with Crippen LogP contribution in [-0.2, 0) is 11.3 Å². The van der Waals surface area contributed by atoms with Crippen molar-refractivity contribution in [3.8, 4) is 0 Å². The lowest BCUT2D eigenvalue weighted by molar-refractivity contribution is 0.140. The zero-order valence-corrected chi connectivity index (χ0v) is 10.1. The van der Waals surface area contributed by atoms with E-state index in [0.29, 0.717) is 5.13 Å². The van der Waals surface area contributed by atoms with Crippen molar-refractivity contribution < 1.29 is 4.74 Å². The number of rotatable bonds is 2. The van der Waals surface area contributed by atoms with Gasteiger partial charge in [0.2, 0.25) is 0 Å². The van der Waals surface area contributed by atoms with Crippen molar-refractivity contribution in [2.75, 3.05) is 32.0 Å². The zero-order valence-electron chi connectivity index (χ0n) is 8.52. The van der Waals surface area contributed by atoms with E-state index in [4.69, 9.17) is 10.5 Å². The summed E-state index contributed by atoms with van der Waals surface area (Å²) in [6, 6.07) is 0. The lowest BCUT2D eigenvalue weighted by Gasteiger charge is -2.17. The molecule has 0 aromatic carbocycles. The SMILES string of the molecule is Cl.Nc1ncc(CN2CCCOCC2)s1. The number of hydrogen-bond acceptors (Lipinski definition) is 5. The first kappa shape index (κ1) is 12.7. The normalized spacial score (nSPS) is 18.1. The molecule has 15 heavy (non-hydrogen) atoms. The second-order valence-electron chi connectivity index (χ2n) is 3.41. The number of nitrogen functional groups attached to an aromatic ring is 1. The lowest BCUT2D eigenvalue weighted by atomic mass is 10.4. The monoisotopic (exact) mass is 249 g/mol. The molecule has 2 N–H and O–H groups in total. The second kappa shape index (κ2) is 6.27. The second-order valence-corrected chi connectivity index (χ2v) is 4.55. The van der Waals surface area contributed by atoms with E-state index < -0.39 is 0 Å². The lowest BCUT2D eigenvalue weighted by Crippen LogP contribution is -2.25. The largest absolute Gasteiger partial charge is 0.380 e. The molecule has 1 aliphatic rings. The molecule has 2 heterocycles. The van der Waals surface area contributed by atoms with Crippen molar-refractivity contribution in [2.45, 2.75) is 13.0 Å². The molecule has 0 radical (unpaired) electrons. The fraction of sp³-hybridized carbons (Fsp3) is 0.667. The molecule has 0 bridgehead atoms. The Bertz CT molecular complexity index is 287. The highest BCUT2D eigenvalue weighted by Gasteiger charge is 2.10. The smallest absolute Gasteiger partial charge is 0.180 e. The number of thiazole rings is 1. The van der Waals surface area contributed by atoms with Gasteiger partial charge in [-0.1, -0.05) is 0 Å². The third kappa shape index (κ3) is 3.95. The summed E-state index contributed by atoms with van der Waals surface area (Å²) >= 11 is 1.57. The molecule has 1 aromatic heterocycles. The predicted octanol–water partition coefficient (Wildman–Crippen LogP) is 1.37. The third-order valence-corrected chi connectivity index (χ3v) is 3.08. The first-order chi connectivity index (χ1) is 6.84. The van der Waals surface area contributed by atoms with E-state index in [2.05, 4.69) is 9.88 Å². The Morgan fingerprint density at radius 1 is 1.47 bits per heavy atom. The van der Waals surface area contributed by atoms with Gasteiger partial charge in [-0.25, -0.2) is 4.98 Å². The maximum absolute atomic E-state index is 5.58. The summed E-state index contributed by atoms with van der Waals surface area (Å²) in [5.74, 6) is 0. The van der Waals surface area contributed by atoms with Gasteiger partial charge in [0, 0.05) is 37.3 Å². The van der Waals surface area contributed by atoms with Gasteiger partial charge in [-0.05, 0) is 6.42 Å². The van der Waals surface area contributed by atoms with E-state index in [1.807, 2.05) is 6.20 Å². The van der Waals surface area contributed by atoms with Gasteiger partial charge in [-0.3, -0.25) is 4.90 Å². The average Bonchev–Trinajstić information content (AvgIpc) is 2.43. The fourth-order valence-corrected chi connectivity index (χ4v) is 2.30. The summed E-state index contributed by atoms with van der Waals surface area (Å²) in [6.45, 7) is 4.81. The van der Waals surface area contributed by atoms with Crippen LogP contribution in [0.1, 0.15) is 11.3 Å². The van der Waals surface area contributed by atoms with Crippen molar-refractivity contribution in [3.05, 3.63) is 11.1 Å². The van der Waals surface area contributed by atoms with Gasteiger partial charge in [-0.2, -0.15) is 0 Å². The Hall–Kier alpha value is -0.360. The Balaban J connectivity index is 0.00000112. The van der Waals surface area contributed by atoms with Crippen LogP contribution in [-0.4, -0.2) is 36.2 Å². The Kier molecular flexibility index (Phi) is 5.31. The molecule has 1 saturated heterocycles. The van der Waals surface area contributed by atoms with Gasteiger partial charge in [0.15, 0.2) is 5.13 Å². The summed E-state index contributed by atoms with van der Waals surface area (Å²) in [6.07, 6.45) is 2.99. The van der Waals surface area contributed by atoms with Crippen molar-refractivity contribution >= 4 is 28.9 Å². The summed E-state index contributed by atoms with van der Waals surface area (Å²) in [7, 11) is 0. The van der Waals surface area contributed by atoms with Crippen molar-refractivity contribution in [2.24, 2.45) is 0 Å². The molecule has 0 atom stereocenters. The molecular formula is C9H16ClN3OS. The molecule has 4 nitrogen and oxygen atoms in total. The average molecular weight is 250 g/mol. The quantitative estimate of drug-likeness (QED) is 0.860. The molecule has 2 rings (SSSR count). The fourth-order valence-electron chi connectivity index (χ4n) is 1.57. The molecule has 0 amide bonds. The highest BCUT2D eigenvalue weighted by Crippen LogP contribution is 2.16. The summed E-state index contributed by atoms with van der Waals surface area (Å²) in [4.78, 5) is 7.67. The van der Waals surface area contributed by atoms with Crippen LogP contribution in [0.3, 0.4) is 0 Å². The van der Waals surface area contributed by atoms with Gasteiger partial charge in [0.1, 0.15) is 0 Å². The highest BCUT2D eigenvalue weighted by molar-refractivity contribution is 7.15. The molecule has 0 unspecified atom stereocenters. The Labute approximate surface area is 99.8 Å². The predicted molar refractivity (Wildman–Crippen MR) is 64.5 cm³/mol. The molecule has 1 aromatic rings. The number of nitrogens with zero attached hydrogens (tertiary/aromatic N) is 2. The van der Waals surface area contributed by atoms with E-state index in [9.17, 15) is 0 Å². The molecule has 86 valence electrons. The van der Waals surface area contributed by atoms with Crippen LogP contribution < -0.4 is 5.73 Å². The van der Waals surface area contributed by atoms with Gasteiger partial charge in [0.25, 0.3) is 0 Å². The van der Waals surface area contributed by atoms with Gasteiger partial charge in [0.05, 0.1) is 6.61 Å². The van der Waals surface area contributed by atoms with Crippen LogP contribution in [0.15, 0.2) is 6.20 Å². The van der Waals surface area contributed by atoms with Crippen LogP contribution >= 0.6 is 23.7 Å². The van der Waals surface area contributed by atoms with Gasteiger partial charge < -0.3 is 10.5 Å². The number of hydrogen-bond donors (Lipinski definition) is 1. The molecule has 1 aliphatic heterocycles. The number of nitrogens with two attached hydrogens (primary N) is 1. The summed E-state index contributed by atoms with van der Waals surface area (Å²) in [5, 5.41) is 0.658. The first-order valence-corrected chi connectivity index (χ1v) is 5.66. The Morgan fingerprint density at radius 2 is 2.33 bits per heavy atom. The standard InChI is InChI=1S/C9H15N3OS.ClH/c10-9-11-6-8(14-9)7-12-2-1-4-13-5-3-12;/h6H,1-5,7H2,(H2,10,11);1H. The Morgan fingerprint density at radius 3 is 3.07 bits per heavy atom. The minimum Gasteiger partial charge on any atom is -0.380 e. The van der Waals surface area contributed by atoms with Crippen molar-refractivity contribution in [1.82, 2.24) is 9.88 Å². The summed E-state index contributed by atoms with van der Waals surface area (Å²) < 4.78 is 5.39. The third-order valence-electron chi connectivity index (χ3n) is 2.27. The van der Waals surface area contributed by atoms with Crippen LogP contribution in [0, 0.1) is 0 Å². The minimum absolute atomic E-state index is 0. The number of halogens is 1. The van der Waals surface area contributed by atoms with Crippen molar-refractivity contribution in [3.63, 3.8) is 0 Å². The highest BCUT2D eigenvalue weighted by atomic mass is 35.5. The van der Waals surface area contributed by atoms with E-state index in [-0.39, 0.29) is 12.4 Å². The van der Waals surface area contributed by atoms with Crippen LogP contribution in [0.5, 0.6) is 0 Å². The summed E-state index contributed by atoms with van der Waals surface area (Å²) in [5.41, 5.74) is 5.58. The van der Waals surface area contributed by atoms with Gasteiger partial charge in [-0.15, -0.1) is 23.7 Å². The van der Waals surface area contributed by atoms with Crippen LogP contribution in [0.2, 0.25) is 0 Å². The maximum atomic E-state index is 5.58. The molecule has 6 heteroatoms. The van der Waals surface area contributed by atoms with Crippen LogP contribution in [0.25, 0.3) is 0 Å². The molecule has 0 spiro atoms.